The lowest BCUT2D eigenvalue weighted by Crippen LogP contribution is -2.16. The van der Waals surface area contributed by atoms with Crippen LogP contribution in [0.1, 0.15) is 11.3 Å². The SMILES string of the molecule is FC(F)(F)Oc1ccc(-c2cccc3cc(CCc4ccccc4)[nH]c23)cc1. The highest BCUT2D eigenvalue weighted by atomic mass is 19.4. The summed E-state index contributed by atoms with van der Waals surface area (Å²) in [4.78, 5) is 3.47. The average molecular weight is 381 g/mol. The molecule has 0 amide bonds. The van der Waals surface area contributed by atoms with E-state index in [1.165, 1.54) is 17.7 Å². The molecule has 3 aromatic carbocycles. The number of nitrogens with one attached hydrogen (secondary N) is 1. The second-order valence-electron chi connectivity index (χ2n) is 6.62. The number of hydrogen-bond acceptors (Lipinski definition) is 1. The molecule has 4 aromatic rings. The topological polar surface area (TPSA) is 25.0 Å². The number of halogens is 3. The van der Waals surface area contributed by atoms with E-state index < -0.39 is 6.36 Å². The minimum atomic E-state index is -4.69. The van der Waals surface area contributed by atoms with E-state index in [1.807, 2.05) is 36.4 Å². The van der Waals surface area contributed by atoms with Crippen LogP contribution >= 0.6 is 0 Å². The fraction of sp³-hybridized carbons (Fsp3) is 0.130. The molecule has 1 heterocycles. The third kappa shape index (κ3) is 4.19. The molecule has 0 aliphatic carbocycles. The monoisotopic (exact) mass is 381 g/mol. The maximum Gasteiger partial charge on any atom is 0.573 e. The molecule has 142 valence electrons. The zero-order valence-corrected chi connectivity index (χ0v) is 15.0. The summed E-state index contributed by atoms with van der Waals surface area (Å²) in [5.41, 5.74) is 5.17. The molecule has 0 saturated heterocycles. The minimum Gasteiger partial charge on any atom is -0.406 e. The molecular weight excluding hydrogens is 363 g/mol. The number of fused-ring (bicyclic) bond motifs is 1. The van der Waals surface area contributed by atoms with Crippen LogP contribution in [0.25, 0.3) is 22.0 Å². The van der Waals surface area contributed by atoms with E-state index in [4.69, 9.17) is 0 Å². The molecule has 2 nitrogen and oxygen atoms in total. The van der Waals surface area contributed by atoms with Crippen molar-refractivity contribution in [1.82, 2.24) is 4.98 Å². The van der Waals surface area contributed by atoms with Crippen LogP contribution in [-0.4, -0.2) is 11.3 Å². The second kappa shape index (κ2) is 7.43. The predicted octanol–water partition coefficient (Wildman–Crippen LogP) is 6.52. The van der Waals surface area contributed by atoms with Crippen LogP contribution in [0.5, 0.6) is 5.75 Å². The first-order valence-corrected chi connectivity index (χ1v) is 8.99. The minimum absolute atomic E-state index is 0.224. The van der Waals surface area contributed by atoms with Gasteiger partial charge in [-0.1, -0.05) is 60.7 Å². The van der Waals surface area contributed by atoms with Gasteiger partial charge in [0.05, 0.1) is 5.52 Å². The maximum absolute atomic E-state index is 12.3. The number of para-hydroxylation sites is 1. The van der Waals surface area contributed by atoms with E-state index in [0.717, 1.165) is 40.6 Å². The predicted molar refractivity (Wildman–Crippen MR) is 104 cm³/mol. The molecule has 4 rings (SSSR count). The van der Waals surface area contributed by atoms with Crippen LogP contribution in [0.4, 0.5) is 13.2 Å². The highest BCUT2D eigenvalue weighted by Crippen LogP contribution is 2.31. The smallest absolute Gasteiger partial charge is 0.406 e. The van der Waals surface area contributed by atoms with Gasteiger partial charge in [0.25, 0.3) is 0 Å². The van der Waals surface area contributed by atoms with Crippen molar-refractivity contribution in [3.8, 4) is 16.9 Å². The molecule has 0 fully saturated rings. The fourth-order valence-corrected chi connectivity index (χ4v) is 3.35. The second-order valence-corrected chi connectivity index (χ2v) is 6.62. The van der Waals surface area contributed by atoms with Gasteiger partial charge in [0, 0.05) is 16.6 Å². The van der Waals surface area contributed by atoms with Crippen molar-refractivity contribution >= 4 is 10.9 Å². The molecule has 0 bridgehead atoms. The third-order valence-electron chi connectivity index (χ3n) is 4.64. The van der Waals surface area contributed by atoms with Gasteiger partial charge in [-0.3, -0.25) is 0 Å². The van der Waals surface area contributed by atoms with Crippen molar-refractivity contribution in [2.45, 2.75) is 19.2 Å². The largest absolute Gasteiger partial charge is 0.573 e. The van der Waals surface area contributed by atoms with Crippen molar-refractivity contribution in [3.05, 3.63) is 90.1 Å². The van der Waals surface area contributed by atoms with Gasteiger partial charge >= 0.3 is 6.36 Å². The first-order valence-electron chi connectivity index (χ1n) is 8.99. The first kappa shape index (κ1) is 18.2. The summed E-state index contributed by atoms with van der Waals surface area (Å²) in [6.45, 7) is 0. The number of hydrogen-bond donors (Lipinski definition) is 1. The number of benzene rings is 3. The summed E-state index contributed by atoms with van der Waals surface area (Å²) in [7, 11) is 0. The molecule has 1 N–H and O–H groups in total. The summed E-state index contributed by atoms with van der Waals surface area (Å²) in [6.07, 6.45) is -2.86. The Labute approximate surface area is 160 Å². The maximum atomic E-state index is 12.3. The van der Waals surface area contributed by atoms with E-state index in [2.05, 4.69) is 27.9 Å². The van der Waals surface area contributed by atoms with Crippen LogP contribution in [0.15, 0.2) is 78.9 Å². The Hall–Kier alpha value is -3.21. The number of H-pyrrole nitrogens is 1. The van der Waals surface area contributed by atoms with Crippen molar-refractivity contribution in [2.24, 2.45) is 0 Å². The van der Waals surface area contributed by atoms with Gasteiger partial charge in [-0.05, 0) is 42.2 Å². The van der Waals surface area contributed by atoms with Crippen LogP contribution in [0.3, 0.4) is 0 Å². The Morgan fingerprint density at radius 3 is 2.25 bits per heavy atom. The Morgan fingerprint density at radius 1 is 0.786 bits per heavy atom. The van der Waals surface area contributed by atoms with Gasteiger partial charge in [0.2, 0.25) is 0 Å². The molecule has 0 radical (unpaired) electrons. The fourth-order valence-electron chi connectivity index (χ4n) is 3.35. The quantitative estimate of drug-likeness (QED) is 0.418. The molecule has 0 unspecified atom stereocenters. The molecule has 0 aliphatic heterocycles. The van der Waals surface area contributed by atoms with E-state index in [0.29, 0.717) is 0 Å². The lowest BCUT2D eigenvalue weighted by molar-refractivity contribution is -0.274. The van der Waals surface area contributed by atoms with Gasteiger partial charge in [0.15, 0.2) is 0 Å². The average Bonchev–Trinajstić information content (AvgIpc) is 3.10. The normalized spacial score (nSPS) is 11.7. The number of aryl methyl sites for hydroxylation is 2. The number of aromatic amines is 1. The van der Waals surface area contributed by atoms with Crippen molar-refractivity contribution in [3.63, 3.8) is 0 Å². The molecule has 0 atom stereocenters. The van der Waals surface area contributed by atoms with Gasteiger partial charge < -0.3 is 9.72 Å². The summed E-state index contributed by atoms with van der Waals surface area (Å²) in [5, 5.41) is 1.08. The van der Waals surface area contributed by atoms with Gasteiger partial charge in [-0.15, -0.1) is 13.2 Å². The molecular formula is C23H18F3NO. The summed E-state index contributed by atoms with van der Waals surface area (Å²) in [5.74, 6) is -0.224. The zero-order chi connectivity index (χ0) is 19.6. The number of alkyl halides is 3. The zero-order valence-electron chi connectivity index (χ0n) is 15.0. The van der Waals surface area contributed by atoms with E-state index >= 15 is 0 Å². The molecule has 0 saturated carbocycles. The summed E-state index contributed by atoms with van der Waals surface area (Å²) in [6, 6.07) is 24.3. The van der Waals surface area contributed by atoms with Gasteiger partial charge in [-0.2, -0.15) is 0 Å². The van der Waals surface area contributed by atoms with Crippen LogP contribution < -0.4 is 4.74 Å². The summed E-state index contributed by atoms with van der Waals surface area (Å²) < 4.78 is 41.0. The van der Waals surface area contributed by atoms with E-state index in [-0.39, 0.29) is 5.75 Å². The Morgan fingerprint density at radius 2 is 1.54 bits per heavy atom. The highest BCUT2D eigenvalue weighted by Gasteiger charge is 2.31. The molecule has 1 aromatic heterocycles. The highest BCUT2D eigenvalue weighted by molar-refractivity contribution is 5.94. The van der Waals surface area contributed by atoms with E-state index in [9.17, 15) is 13.2 Å². The lowest BCUT2D eigenvalue weighted by atomic mass is 10.0. The Balaban J connectivity index is 1.58. The Bertz CT molecular complexity index is 1070. The third-order valence-corrected chi connectivity index (χ3v) is 4.64. The molecule has 28 heavy (non-hydrogen) atoms. The van der Waals surface area contributed by atoms with Crippen molar-refractivity contribution in [2.75, 3.05) is 0 Å². The van der Waals surface area contributed by atoms with Crippen LogP contribution in [0, 0.1) is 0 Å². The first-order chi connectivity index (χ1) is 13.5. The summed E-state index contributed by atoms with van der Waals surface area (Å²) >= 11 is 0. The van der Waals surface area contributed by atoms with E-state index in [1.54, 1.807) is 12.1 Å². The van der Waals surface area contributed by atoms with Crippen LogP contribution in [-0.2, 0) is 12.8 Å². The molecule has 0 spiro atoms. The van der Waals surface area contributed by atoms with Gasteiger partial charge in [0.1, 0.15) is 5.75 Å². The Kier molecular flexibility index (Phi) is 4.82. The lowest BCUT2D eigenvalue weighted by Gasteiger charge is -2.09. The standard InChI is InChI=1S/C23H18F3NO/c24-23(25,26)28-20-13-10-17(11-14-20)21-8-4-7-18-15-19(27-22(18)21)12-9-16-5-2-1-3-6-16/h1-8,10-11,13-15,27H,9,12H2. The van der Waals surface area contributed by atoms with Gasteiger partial charge in [-0.25, -0.2) is 0 Å². The van der Waals surface area contributed by atoms with Crippen molar-refractivity contribution < 1.29 is 17.9 Å². The van der Waals surface area contributed by atoms with Crippen LogP contribution in [0.2, 0.25) is 0 Å². The molecule has 5 heteroatoms. The van der Waals surface area contributed by atoms with Crippen molar-refractivity contribution in [1.29, 1.82) is 0 Å². The molecule has 0 aliphatic rings. The number of ether oxygens (including phenoxy) is 1. The number of rotatable bonds is 5. The number of aromatic nitrogens is 1.